The first kappa shape index (κ1) is 18.6. The highest BCUT2D eigenvalue weighted by atomic mass is 19.4. The van der Waals surface area contributed by atoms with Crippen molar-refractivity contribution in [3.8, 4) is 0 Å². The summed E-state index contributed by atoms with van der Waals surface area (Å²) >= 11 is 0. The van der Waals surface area contributed by atoms with Crippen molar-refractivity contribution < 1.29 is 18.0 Å². The Balaban J connectivity index is 1.42. The Morgan fingerprint density at radius 3 is 2.50 bits per heavy atom. The number of carbonyl (C=O) groups is 1. The van der Waals surface area contributed by atoms with Gasteiger partial charge in [0.2, 0.25) is 0 Å². The number of rotatable bonds is 5. The second-order valence-corrected chi connectivity index (χ2v) is 7.26. The van der Waals surface area contributed by atoms with Crippen molar-refractivity contribution in [2.75, 3.05) is 5.32 Å². The lowest BCUT2D eigenvalue weighted by molar-refractivity contribution is -0.141. The molecule has 2 aromatic heterocycles. The van der Waals surface area contributed by atoms with Crippen LogP contribution >= 0.6 is 0 Å². The summed E-state index contributed by atoms with van der Waals surface area (Å²) in [5.74, 6) is 0.463. The van der Waals surface area contributed by atoms with Crippen LogP contribution in [0, 0.1) is 0 Å². The fourth-order valence-electron chi connectivity index (χ4n) is 3.61. The molecule has 0 bridgehead atoms. The van der Waals surface area contributed by atoms with Crippen molar-refractivity contribution in [2.24, 2.45) is 0 Å². The highest BCUT2D eigenvalue weighted by molar-refractivity contribution is 5.94. The zero-order chi connectivity index (χ0) is 19.7. The molecule has 148 valence electrons. The van der Waals surface area contributed by atoms with Crippen LogP contribution in [0.2, 0.25) is 0 Å². The van der Waals surface area contributed by atoms with E-state index in [1.807, 2.05) is 12.1 Å². The minimum Gasteiger partial charge on any atom is -0.364 e. The number of hydrogen-bond acceptors (Lipinski definition) is 5. The molecule has 1 amide bonds. The molecular formula is C19H20F3N5O. The number of amides is 1. The maximum atomic E-state index is 12.8. The van der Waals surface area contributed by atoms with Crippen LogP contribution in [0.4, 0.5) is 19.0 Å². The van der Waals surface area contributed by atoms with E-state index in [0.29, 0.717) is 17.8 Å². The number of halogens is 3. The van der Waals surface area contributed by atoms with Gasteiger partial charge in [0.15, 0.2) is 5.69 Å². The standard InChI is InChI=1S/C19H20F3N5O/c20-19(21,22)15-9-25-16(10-24-15)26-13-4-1-5-14(13)27-18(28)17-12(11-6-7-11)3-2-8-23-17/h2-3,8-11,13-14H,1,4-7H2,(H,25,26)(H,27,28)/t13-,14?/m0/s1. The second-order valence-electron chi connectivity index (χ2n) is 7.26. The van der Waals surface area contributed by atoms with E-state index in [-0.39, 0.29) is 23.8 Å². The van der Waals surface area contributed by atoms with Gasteiger partial charge in [0.1, 0.15) is 11.5 Å². The first-order valence-corrected chi connectivity index (χ1v) is 9.33. The van der Waals surface area contributed by atoms with E-state index in [1.54, 1.807) is 6.20 Å². The minimum atomic E-state index is -4.52. The maximum Gasteiger partial charge on any atom is 0.434 e. The predicted molar refractivity (Wildman–Crippen MR) is 95.8 cm³/mol. The van der Waals surface area contributed by atoms with Gasteiger partial charge in [0, 0.05) is 18.3 Å². The van der Waals surface area contributed by atoms with E-state index in [1.165, 1.54) is 0 Å². The average Bonchev–Trinajstić information content (AvgIpc) is 3.44. The van der Waals surface area contributed by atoms with Crippen LogP contribution in [0.1, 0.15) is 59.8 Å². The molecule has 6 nitrogen and oxygen atoms in total. The molecule has 2 aliphatic carbocycles. The van der Waals surface area contributed by atoms with E-state index in [0.717, 1.165) is 43.9 Å². The number of anilines is 1. The largest absolute Gasteiger partial charge is 0.434 e. The van der Waals surface area contributed by atoms with Crippen LogP contribution in [0.3, 0.4) is 0 Å². The van der Waals surface area contributed by atoms with Crippen molar-refractivity contribution >= 4 is 11.7 Å². The van der Waals surface area contributed by atoms with Crippen LogP contribution in [0.15, 0.2) is 30.7 Å². The van der Waals surface area contributed by atoms with Gasteiger partial charge in [-0.3, -0.25) is 9.78 Å². The van der Waals surface area contributed by atoms with Crippen LogP contribution in [0.5, 0.6) is 0 Å². The Morgan fingerprint density at radius 1 is 1.04 bits per heavy atom. The molecule has 9 heteroatoms. The summed E-state index contributed by atoms with van der Waals surface area (Å²) in [6, 6.07) is 3.52. The SMILES string of the molecule is O=C(NC1CCC[C@@H]1Nc1cnc(C(F)(F)F)cn1)c1ncccc1C1CC1. The molecule has 1 unspecified atom stereocenters. The van der Waals surface area contributed by atoms with Gasteiger partial charge in [0.05, 0.1) is 12.4 Å². The second kappa shape index (κ2) is 7.37. The number of alkyl halides is 3. The van der Waals surface area contributed by atoms with Crippen LogP contribution < -0.4 is 10.6 Å². The molecule has 0 aliphatic heterocycles. The summed E-state index contributed by atoms with van der Waals surface area (Å²) in [5, 5.41) is 6.13. The molecule has 0 saturated heterocycles. The summed E-state index contributed by atoms with van der Waals surface area (Å²) < 4.78 is 37.8. The third-order valence-electron chi connectivity index (χ3n) is 5.18. The fourth-order valence-corrected chi connectivity index (χ4v) is 3.61. The van der Waals surface area contributed by atoms with Crippen molar-refractivity contribution in [1.29, 1.82) is 0 Å². The van der Waals surface area contributed by atoms with Crippen molar-refractivity contribution in [2.45, 2.75) is 56.3 Å². The Labute approximate surface area is 160 Å². The number of nitrogens with one attached hydrogen (secondary N) is 2. The van der Waals surface area contributed by atoms with Crippen molar-refractivity contribution in [3.05, 3.63) is 47.7 Å². The van der Waals surface area contributed by atoms with Crippen LogP contribution in [-0.2, 0) is 6.18 Å². The molecule has 2 fully saturated rings. The highest BCUT2D eigenvalue weighted by Crippen LogP contribution is 2.41. The van der Waals surface area contributed by atoms with Crippen LogP contribution in [0.25, 0.3) is 0 Å². The third kappa shape index (κ3) is 4.07. The van der Waals surface area contributed by atoms with Gasteiger partial charge in [-0.1, -0.05) is 6.07 Å². The molecule has 0 aromatic carbocycles. The summed E-state index contributed by atoms with van der Waals surface area (Å²) in [7, 11) is 0. The topological polar surface area (TPSA) is 79.8 Å². The van der Waals surface area contributed by atoms with Gasteiger partial charge in [0.25, 0.3) is 5.91 Å². The number of carbonyl (C=O) groups excluding carboxylic acids is 1. The third-order valence-corrected chi connectivity index (χ3v) is 5.18. The number of aromatic nitrogens is 3. The molecule has 28 heavy (non-hydrogen) atoms. The first-order chi connectivity index (χ1) is 13.4. The summed E-state index contributed by atoms with van der Waals surface area (Å²) in [4.78, 5) is 24.2. The minimum absolute atomic E-state index is 0.122. The smallest absolute Gasteiger partial charge is 0.364 e. The van der Waals surface area contributed by atoms with E-state index in [2.05, 4.69) is 25.6 Å². The zero-order valence-electron chi connectivity index (χ0n) is 15.0. The van der Waals surface area contributed by atoms with Gasteiger partial charge in [-0.25, -0.2) is 9.97 Å². The van der Waals surface area contributed by atoms with Gasteiger partial charge in [-0.05, 0) is 49.7 Å². The molecule has 2 saturated carbocycles. The predicted octanol–water partition coefficient (Wildman–Crippen LogP) is 3.53. The first-order valence-electron chi connectivity index (χ1n) is 9.33. The molecule has 2 aromatic rings. The van der Waals surface area contributed by atoms with Crippen LogP contribution in [-0.4, -0.2) is 32.9 Å². The molecule has 4 rings (SSSR count). The van der Waals surface area contributed by atoms with E-state index in [4.69, 9.17) is 0 Å². The van der Waals surface area contributed by atoms with Crippen molar-refractivity contribution in [1.82, 2.24) is 20.3 Å². The Kier molecular flexibility index (Phi) is 4.91. The number of nitrogens with zero attached hydrogens (tertiary/aromatic N) is 3. The highest BCUT2D eigenvalue weighted by Gasteiger charge is 2.34. The van der Waals surface area contributed by atoms with E-state index < -0.39 is 11.9 Å². The Bertz CT molecular complexity index is 851. The summed E-state index contributed by atoms with van der Waals surface area (Å²) in [6.07, 6.45) is 3.49. The molecule has 2 aliphatic rings. The fraction of sp³-hybridized carbons (Fsp3) is 0.474. The normalized spacial score (nSPS) is 22.1. The number of hydrogen-bond donors (Lipinski definition) is 2. The summed E-state index contributed by atoms with van der Waals surface area (Å²) in [5.41, 5.74) is 0.415. The number of pyridine rings is 1. The molecule has 0 radical (unpaired) electrons. The lowest BCUT2D eigenvalue weighted by Crippen LogP contribution is -2.44. The molecule has 2 heterocycles. The zero-order valence-corrected chi connectivity index (χ0v) is 15.0. The Morgan fingerprint density at radius 2 is 1.82 bits per heavy atom. The van der Waals surface area contributed by atoms with Gasteiger partial charge in [-0.2, -0.15) is 13.2 Å². The van der Waals surface area contributed by atoms with Gasteiger partial charge >= 0.3 is 6.18 Å². The Hall–Kier alpha value is -2.71. The maximum absolute atomic E-state index is 12.8. The monoisotopic (exact) mass is 391 g/mol. The van der Waals surface area contributed by atoms with Gasteiger partial charge < -0.3 is 10.6 Å². The molecule has 2 atom stereocenters. The summed E-state index contributed by atoms with van der Waals surface area (Å²) in [6.45, 7) is 0. The molecule has 0 spiro atoms. The molecular weight excluding hydrogens is 371 g/mol. The van der Waals surface area contributed by atoms with E-state index >= 15 is 0 Å². The lowest BCUT2D eigenvalue weighted by atomic mass is 10.1. The van der Waals surface area contributed by atoms with E-state index in [9.17, 15) is 18.0 Å². The lowest BCUT2D eigenvalue weighted by Gasteiger charge is -2.23. The quantitative estimate of drug-likeness (QED) is 0.815. The van der Waals surface area contributed by atoms with Crippen molar-refractivity contribution in [3.63, 3.8) is 0 Å². The average molecular weight is 391 g/mol. The molecule has 2 N–H and O–H groups in total. The van der Waals surface area contributed by atoms with Gasteiger partial charge in [-0.15, -0.1) is 0 Å².